The first-order chi connectivity index (χ1) is 7.15. The van der Waals surface area contributed by atoms with Crippen LogP contribution in [0.25, 0.3) is 0 Å². The Kier molecular flexibility index (Phi) is 5.01. The van der Waals surface area contributed by atoms with E-state index < -0.39 is 6.04 Å². The first-order valence-electron chi connectivity index (χ1n) is 5.52. The van der Waals surface area contributed by atoms with Gasteiger partial charge in [0.25, 0.3) is 0 Å². The molecule has 0 spiro atoms. The minimum Gasteiger partial charge on any atom is -0.395 e. The second kappa shape index (κ2) is 6.05. The van der Waals surface area contributed by atoms with E-state index in [0.29, 0.717) is 6.54 Å². The molecule has 1 rings (SSSR count). The minimum atomic E-state index is -0.408. The van der Waals surface area contributed by atoms with Gasteiger partial charge in [-0.05, 0) is 19.9 Å². The SMILES string of the molecule is C[C@@H](N)C(=O)N1CCCN(CCO)CC1. The van der Waals surface area contributed by atoms with Crippen LogP contribution in [0, 0.1) is 0 Å². The van der Waals surface area contributed by atoms with Crippen LogP contribution in [0.3, 0.4) is 0 Å². The average Bonchev–Trinajstić information content (AvgIpc) is 2.43. The standard InChI is InChI=1S/C10H21N3O2/c1-9(11)10(15)13-4-2-3-12(5-6-13)7-8-14/h9,14H,2-8,11H2,1H3/t9-/m1/s1. The van der Waals surface area contributed by atoms with Gasteiger partial charge in [-0.1, -0.05) is 0 Å². The van der Waals surface area contributed by atoms with Crippen LogP contribution in [0.2, 0.25) is 0 Å². The molecule has 5 heteroatoms. The molecule has 0 aliphatic carbocycles. The Labute approximate surface area is 90.8 Å². The number of nitrogens with two attached hydrogens (primary N) is 1. The number of hydrogen-bond donors (Lipinski definition) is 2. The van der Waals surface area contributed by atoms with Crippen molar-refractivity contribution >= 4 is 5.91 Å². The molecule has 0 saturated carbocycles. The van der Waals surface area contributed by atoms with E-state index in [2.05, 4.69) is 4.90 Å². The van der Waals surface area contributed by atoms with Crippen LogP contribution in [0.4, 0.5) is 0 Å². The predicted octanol–water partition coefficient (Wildman–Crippen LogP) is -1.14. The highest BCUT2D eigenvalue weighted by Crippen LogP contribution is 2.04. The average molecular weight is 215 g/mol. The Morgan fingerprint density at radius 1 is 1.40 bits per heavy atom. The summed E-state index contributed by atoms with van der Waals surface area (Å²) in [5.41, 5.74) is 5.57. The third kappa shape index (κ3) is 3.77. The Morgan fingerprint density at radius 3 is 2.73 bits per heavy atom. The van der Waals surface area contributed by atoms with Crippen molar-refractivity contribution in [3.8, 4) is 0 Å². The summed E-state index contributed by atoms with van der Waals surface area (Å²) in [5.74, 6) is 0.0286. The van der Waals surface area contributed by atoms with Crippen molar-refractivity contribution in [1.29, 1.82) is 0 Å². The number of rotatable bonds is 3. The molecule has 1 fully saturated rings. The van der Waals surface area contributed by atoms with Gasteiger partial charge in [-0.25, -0.2) is 0 Å². The first kappa shape index (κ1) is 12.4. The number of amides is 1. The molecule has 0 bridgehead atoms. The van der Waals surface area contributed by atoms with Crippen molar-refractivity contribution in [1.82, 2.24) is 9.80 Å². The van der Waals surface area contributed by atoms with Crippen LogP contribution in [0.15, 0.2) is 0 Å². The number of β-amino-alcohol motifs (C(OH)–C–C–N with tert-alkyl or cyclic N) is 1. The molecule has 1 atom stereocenters. The molecular weight excluding hydrogens is 194 g/mol. The topological polar surface area (TPSA) is 69.8 Å². The fraction of sp³-hybridized carbons (Fsp3) is 0.900. The van der Waals surface area contributed by atoms with Crippen LogP contribution in [-0.4, -0.2) is 66.2 Å². The quantitative estimate of drug-likeness (QED) is 0.624. The largest absolute Gasteiger partial charge is 0.395 e. The van der Waals surface area contributed by atoms with Gasteiger partial charge < -0.3 is 15.7 Å². The molecule has 88 valence electrons. The lowest BCUT2D eigenvalue weighted by molar-refractivity contribution is -0.132. The van der Waals surface area contributed by atoms with Gasteiger partial charge in [0, 0.05) is 26.2 Å². The lowest BCUT2D eigenvalue weighted by Gasteiger charge is -2.23. The fourth-order valence-electron chi connectivity index (χ4n) is 1.84. The number of carbonyl (C=O) groups excluding carboxylic acids is 1. The minimum absolute atomic E-state index is 0.0286. The Morgan fingerprint density at radius 2 is 2.13 bits per heavy atom. The molecular formula is C10H21N3O2. The van der Waals surface area contributed by atoms with Gasteiger partial charge in [-0.2, -0.15) is 0 Å². The van der Waals surface area contributed by atoms with E-state index in [-0.39, 0.29) is 12.5 Å². The summed E-state index contributed by atoms with van der Waals surface area (Å²) < 4.78 is 0. The monoisotopic (exact) mass is 215 g/mol. The zero-order valence-electron chi connectivity index (χ0n) is 9.35. The molecule has 0 unspecified atom stereocenters. The number of nitrogens with zero attached hydrogens (tertiary/aromatic N) is 2. The molecule has 0 radical (unpaired) electrons. The molecule has 15 heavy (non-hydrogen) atoms. The summed E-state index contributed by atoms with van der Waals surface area (Å²) in [6, 6.07) is -0.408. The Bertz CT molecular complexity index is 209. The highest BCUT2D eigenvalue weighted by atomic mass is 16.3. The van der Waals surface area contributed by atoms with Gasteiger partial charge in [0.1, 0.15) is 0 Å². The number of hydrogen-bond acceptors (Lipinski definition) is 4. The molecule has 5 nitrogen and oxygen atoms in total. The molecule has 0 aromatic rings. The van der Waals surface area contributed by atoms with E-state index in [9.17, 15) is 4.79 Å². The van der Waals surface area contributed by atoms with E-state index in [1.807, 2.05) is 4.90 Å². The van der Waals surface area contributed by atoms with Gasteiger partial charge in [0.2, 0.25) is 5.91 Å². The van der Waals surface area contributed by atoms with Gasteiger partial charge in [-0.3, -0.25) is 9.69 Å². The lowest BCUT2D eigenvalue weighted by atomic mass is 10.3. The van der Waals surface area contributed by atoms with Crippen molar-refractivity contribution in [3.05, 3.63) is 0 Å². The van der Waals surface area contributed by atoms with Crippen LogP contribution in [0.5, 0.6) is 0 Å². The van der Waals surface area contributed by atoms with E-state index in [0.717, 1.165) is 32.6 Å². The fourth-order valence-corrected chi connectivity index (χ4v) is 1.84. The van der Waals surface area contributed by atoms with E-state index >= 15 is 0 Å². The first-order valence-corrected chi connectivity index (χ1v) is 5.52. The summed E-state index contributed by atoms with van der Waals surface area (Å²) in [4.78, 5) is 15.6. The Balaban J connectivity index is 2.42. The summed E-state index contributed by atoms with van der Waals surface area (Å²) >= 11 is 0. The van der Waals surface area contributed by atoms with Gasteiger partial charge in [-0.15, -0.1) is 0 Å². The third-order valence-corrected chi connectivity index (χ3v) is 2.71. The summed E-state index contributed by atoms with van der Waals surface area (Å²) in [7, 11) is 0. The van der Waals surface area contributed by atoms with Crippen LogP contribution >= 0.6 is 0 Å². The second-order valence-corrected chi connectivity index (χ2v) is 4.03. The van der Waals surface area contributed by atoms with Gasteiger partial charge in [0.15, 0.2) is 0 Å². The van der Waals surface area contributed by atoms with Crippen molar-refractivity contribution in [3.63, 3.8) is 0 Å². The van der Waals surface area contributed by atoms with Gasteiger partial charge in [0.05, 0.1) is 12.6 Å². The van der Waals surface area contributed by atoms with Gasteiger partial charge >= 0.3 is 0 Å². The maximum Gasteiger partial charge on any atom is 0.239 e. The highest BCUT2D eigenvalue weighted by Gasteiger charge is 2.20. The Hall–Kier alpha value is -0.650. The molecule has 1 heterocycles. The van der Waals surface area contributed by atoms with Crippen molar-refractivity contribution in [2.24, 2.45) is 5.73 Å². The van der Waals surface area contributed by atoms with Crippen LogP contribution in [-0.2, 0) is 4.79 Å². The number of aliphatic hydroxyl groups excluding tert-OH is 1. The van der Waals surface area contributed by atoms with Crippen LogP contribution < -0.4 is 5.73 Å². The summed E-state index contributed by atoms with van der Waals surface area (Å²) in [5, 5.41) is 8.83. The highest BCUT2D eigenvalue weighted by molar-refractivity contribution is 5.81. The second-order valence-electron chi connectivity index (χ2n) is 4.03. The maximum absolute atomic E-state index is 11.6. The predicted molar refractivity (Wildman–Crippen MR) is 58.4 cm³/mol. The van der Waals surface area contributed by atoms with E-state index in [4.69, 9.17) is 10.8 Å². The third-order valence-electron chi connectivity index (χ3n) is 2.71. The molecule has 1 aliphatic rings. The molecule has 1 saturated heterocycles. The summed E-state index contributed by atoms with van der Waals surface area (Å²) in [6.45, 7) is 5.88. The summed E-state index contributed by atoms with van der Waals surface area (Å²) in [6.07, 6.45) is 0.957. The molecule has 0 aromatic carbocycles. The smallest absolute Gasteiger partial charge is 0.239 e. The number of carbonyl (C=O) groups is 1. The zero-order chi connectivity index (χ0) is 11.3. The molecule has 0 aromatic heterocycles. The van der Waals surface area contributed by atoms with E-state index in [1.54, 1.807) is 6.92 Å². The maximum atomic E-state index is 11.6. The molecule has 3 N–H and O–H groups in total. The van der Waals surface area contributed by atoms with Crippen molar-refractivity contribution in [2.45, 2.75) is 19.4 Å². The van der Waals surface area contributed by atoms with Crippen molar-refractivity contribution in [2.75, 3.05) is 39.3 Å². The normalized spacial score (nSPS) is 21.1. The van der Waals surface area contributed by atoms with Crippen molar-refractivity contribution < 1.29 is 9.90 Å². The zero-order valence-corrected chi connectivity index (χ0v) is 9.35. The molecule has 1 aliphatic heterocycles. The lowest BCUT2D eigenvalue weighted by Crippen LogP contribution is -2.43. The number of aliphatic hydroxyl groups is 1. The van der Waals surface area contributed by atoms with E-state index in [1.165, 1.54) is 0 Å². The molecule has 1 amide bonds. The van der Waals surface area contributed by atoms with Crippen LogP contribution in [0.1, 0.15) is 13.3 Å².